The van der Waals surface area contributed by atoms with Crippen LogP contribution in [0.2, 0.25) is 0 Å². The molecule has 0 aromatic rings. The van der Waals surface area contributed by atoms with Gasteiger partial charge in [0, 0.05) is 0 Å². The van der Waals surface area contributed by atoms with E-state index in [0.717, 1.165) is 0 Å². The Bertz CT molecular complexity index is 255. The van der Waals surface area contributed by atoms with E-state index in [4.69, 9.17) is 0 Å². The molecular weight excluding hydrogens is 245 g/mol. The van der Waals surface area contributed by atoms with Crippen LogP contribution in [0.1, 0.15) is 0 Å². The minimum absolute atomic E-state index is 2.74. The third kappa shape index (κ3) is 1.01. The zero-order chi connectivity index (χ0) is 10.7. The van der Waals surface area contributed by atoms with Gasteiger partial charge in [-0.15, -0.1) is 0 Å². The Morgan fingerprint density at radius 3 is 1.31 bits per heavy atom. The van der Waals surface area contributed by atoms with E-state index >= 15 is 0 Å². The van der Waals surface area contributed by atoms with E-state index in [1.54, 1.807) is 0 Å². The molecule has 1 aliphatic rings. The molecule has 0 bridgehead atoms. The molecule has 13 heavy (non-hydrogen) atoms. The molecule has 0 aromatic carbocycles. The molecule has 8 heteroatoms. The average Bonchev–Trinajstić information content (AvgIpc) is 2.05. The number of halogens is 8. The van der Waals surface area contributed by atoms with E-state index in [2.05, 4.69) is 23.2 Å². The molecule has 0 fully saturated rings. The van der Waals surface area contributed by atoms with Gasteiger partial charge in [-0.05, 0) is 0 Å². The Kier molecular flexibility index (Phi) is 2.09. The van der Waals surface area contributed by atoms with E-state index in [1.807, 2.05) is 0 Å². The van der Waals surface area contributed by atoms with Gasteiger partial charge < -0.3 is 0 Å². The SMILES string of the molecule is FC1=C(F)C(F)(Cl)C(F)(Cl)C1(F)F. The highest BCUT2D eigenvalue weighted by molar-refractivity contribution is 6.35. The van der Waals surface area contributed by atoms with Crippen LogP contribution in [-0.4, -0.2) is 16.2 Å². The highest BCUT2D eigenvalue weighted by atomic mass is 35.5. The van der Waals surface area contributed by atoms with Crippen LogP contribution in [0, 0.1) is 0 Å². The molecule has 76 valence electrons. The van der Waals surface area contributed by atoms with Gasteiger partial charge in [-0.2, -0.15) is 8.78 Å². The van der Waals surface area contributed by atoms with Crippen molar-refractivity contribution in [2.75, 3.05) is 0 Å². The first-order valence-corrected chi connectivity index (χ1v) is 3.52. The summed E-state index contributed by atoms with van der Waals surface area (Å²) in [6, 6.07) is 0. The molecule has 0 saturated carbocycles. The maximum Gasteiger partial charge on any atom is 0.353 e. The van der Waals surface area contributed by atoms with E-state index in [0.29, 0.717) is 0 Å². The Morgan fingerprint density at radius 2 is 1.23 bits per heavy atom. The van der Waals surface area contributed by atoms with Crippen molar-refractivity contribution in [2.24, 2.45) is 0 Å². The first-order valence-electron chi connectivity index (χ1n) is 2.76. The lowest BCUT2D eigenvalue weighted by Crippen LogP contribution is -2.47. The molecule has 0 spiro atoms. The van der Waals surface area contributed by atoms with Gasteiger partial charge in [0.15, 0.2) is 5.83 Å². The number of hydrogen-bond acceptors (Lipinski definition) is 0. The van der Waals surface area contributed by atoms with Gasteiger partial charge in [0.05, 0.1) is 0 Å². The van der Waals surface area contributed by atoms with Crippen LogP contribution >= 0.6 is 23.2 Å². The second kappa shape index (κ2) is 2.48. The fourth-order valence-corrected chi connectivity index (χ4v) is 1.12. The van der Waals surface area contributed by atoms with E-state index < -0.39 is 27.8 Å². The van der Waals surface area contributed by atoms with E-state index in [-0.39, 0.29) is 0 Å². The molecule has 0 aliphatic heterocycles. The van der Waals surface area contributed by atoms with Gasteiger partial charge in [-0.25, -0.2) is 17.6 Å². The van der Waals surface area contributed by atoms with Crippen molar-refractivity contribution >= 4 is 23.2 Å². The maximum atomic E-state index is 12.7. The predicted octanol–water partition coefficient (Wildman–Crippen LogP) is 3.60. The standard InChI is InChI=1S/C5Cl2F6/c6-3(10)1(8)2(9)4(11,12)5(3,7)13. The summed E-state index contributed by atoms with van der Waals surface area (Å²) in [6.45, 7) is 0. The van der Waals surface area contributed by atoms with Crippen molar-refractivity contribution in [1.29, 1.82) is 0 Å². The van der Waals surface area contributed by atoms with Crippen LogP contribution in [-0.2, 0) is 0 Å². The second-order valence-corrected chi connectivity index (χ2v) is 3.39. The zero-order valence-corrected chi connectivity index (χ0v) is 7.04. The van der Waals surface area contributed by atoms with Gasteiger partial charge in [0.25, 0.3) is 5.13 Å². The summed E-state index contributed by atoms with van der Waals surface area (Å²) < 4.78 is 74.5. The molecule has 0 aromatic heterocycles. The lowest BCUT2D eigenvalue weighted by atomic mass is 10.2. The topological polar surface area (TPSA) is 0 Å². The van der Waals surface area contributed by atoms with Crippen LogP contribution in [0.25, 0.3) is 0 Å². The monoisotopic (exact) mass is 244 g/mol. The van der Waals surface area contributed by atoms with Crippen molar-refractivity contribution in [3.63, 3.8) is 0 Å². The summed E-state index contributed by atoms with van der Waals surface area (Å²) in [4.78, 5) is 0. The summed E-state index contributed by atoms with van der Waals surface area (Å²) in [7, 11) is 0. The molecule has 2 unspecified atom stereocenters. The smallest absolute Gasteiger partial charge is 0.213 e. The lowest BCUT2D eigenvalue weighted by Gasteiger charge is -2.25. The van der Waals surface area contributed by atoms with Gasteiger partial charge >= 0.3 is 11.1 Å². The van der Waals surface area contributed by atoms with Crippen LogP contribution in [0.5, 0.6) is 0 Å². The van der Waals surface area contributed by atoms with Crippen molar-refractivity contribution in [1.82, 2.24) is 0 Å². The van der Waals surface area contributed by atoms with Gasteiger partial charge in [-0.3, -0.25) is 0 Å². The maximum absolute atomic E-state index is 12.7. The molecule has 0 nitrogen and oxygen atoms in total. The molecule has 0 heterocycles. The van der Waals surface area contributed by atoms with Crippen molar-refractivity contribution in [2.45, 2.75) is 16.2 Å². The average molecular weight is 245 g/mol. The van der Waals surface area contributed by atoms with Crippen LogP contribution in [0.15, 0.2) is 11.7 Å². The Labute approximate surface area is 78.1 Å². The second-order valence-electron chi connectivity index (χ2n) is 2.35. The molecule has 0 radical (unpaired) electrons. The Balaban J connectivity index is 3.39. The molecule has 0 amide bonds. The summed E-state index contributed by atoms with van der Waals surface area (Å²) in [5.74, 6) is -10.8. The van der Waals surface area contributed by atoms with Crippen LogP contribution in [0.4, 0.5) is 26.3 Å². The molecule has 1 aliphatic carbocycles. The zero-order valence-electron chi connectivity index (χ0n) is 5.52. The minimum Gasteiger partial charge on any atom is -0.213 e. The third-order valence-corrected chi connectivity index (χ3v) is 2.55. The van der Waals surface area contributed by atoms with Crippen molar-refractivity contribution < 1.29 is 26.3 Å². The highest BCUT2D eigenvalue weighted by Crippen LogP contribution is 2.62. The molecule has 0 N–H and O–H groups in total. The van der Waals surface area contributed by atoms with Gasteiger partial charge in [-0.1, -0.05) is 23.2 Å². The van der Waals surface area contributed by atoms with E-state index in [9.17, 15) is 26.3 Å². The predicted molar refractivity (Wildman–Crippen MR) is 33.6 cm³/mol. The largest absolute Gasteiger partial charge is 0.353 e. The lowest BCUT2D eigenvalue weighted by molar-refractivity contribution is -0.0926. The fraction of sp³-hybridized carbons (Fsp3) is 0.600. The Morgan fingerprint density at radius 1 is 0.846 bits per heavy atom. The number of alkyl halides is 6. The molecule has 2 atom stereocenters. The summed E-state index contributed by atoms with van der Waals surface area (Å²) in [5.41, 5.74) is 0. The van der Waals surface area contributed by atoms with E-state index in [1.165, 1.54) is 0 Å². The van der Waals surface area contributed by atoms with Gasteiger partial charge in [0.2, 0.25) is 5.83 Å². The number of allylic oxidation sites excluding steroid dienone is 2. The van der Waals surface area contributed by atoms with Crippen LogP contribution in [0.3, 0.4) is 0 Å². The normalized spacial score (nSPS) is 44.3. The molecular formula is C5Cl2F6. The highest BCUT2D eigenvalue weighted by Gasteiger charge is 2.78. The minimum atomic E-state index is -5.12. The Hall–Kier alpha value is -0.100. The van der Waals surface area contributed by atoms with Gasteiger partial charge in [0.1, 0.15) is 0 Å². The summed E-state index contributed by atoms with van der Waals surface area (Å²) in [5, 5.41) is -9.04. The number of rotatable bonds is 0. The fourth-order valence-electron chi connectivity index (χ4n) is 0.749. The van der Waals surface area contributed by atoms with Crippen molar-refractivity contribution in [3.8, 4) is 0 Å². The first kappa shape index (κ1) is 11.0. The summed E-state index contributed by atoms with van der Waals surface area (Å²) in [6.07, 6.45) is 0. The van der Waals surface area contributed by atoms with Crippen molar-refractivity contribution in [3.05, 3.63) is 11.7 Å². The number of hydrogen-bond donors (Lipinski definition) is 0. The quantitative estimate of drug-likeness (QED) is 0.451. The molecule has 0 saturated heterocycles. The first-order chi connectivity index (χ1) is 5.57. The molecule has 1 rings (SSSR count). The third-order valence-electron chi connectivity index (χ3n) is 1.53. The summed E-state index contributed by atoms with van der Waals surface area (Å²) >= 11 is 8.66. The van der Waals surface area contributed by atoms with Crippen LogP contribution < -0.4 is 0 Å².